The highest BCUT2D eigenvalue weighted by Crippen LogP contribution is 2.00. The molecule has 0 aromatic carbocycles. The zero-order chi connectivity index (χ0) is 9.68. The lowest BCUT2D eigenvalue weighted by atomic mass is 10.3. The van der Waals surface area contributed by atoms with Gasteiger partial charge in [0.25, 0.3) is 0 Å². The topological polar surface area (TPSA) is 58.8 Å². The van der Waals surface area contributed by atoms with Crippen LogP contribution >= 0.6 is 0 Å². The molecule has 0 saturated carbocycles. The van der Waals surface area contributed by atoms with Gasteiger partial charge in [-0.2, -0.15) is 5.06 Å². The minimum Gasteiger partial charge on any atom is -0.369 e. The predicted octanol–water partition coefficient (Wildman–Crippen LogP) is -0.959. The first kappa shape index (κ1) is 10.4. The van der Waals surface area contributed by atoms with Crippen LogP contribution in [0.15, 0.2) is 0 Å². The fourth-order valence-electron chi connectivity index (χ4n) is 1.42. The summed E-state index contributed by atoms with van der Waals surface area (Å²) in [5.74, 6) is -0.259. The Balaban J connectivity index is 2.18. The van der Waals surface area contributed by atoms with E-state index in [1.54, 1.807) is 0 Å². The van der Waals surface area contributed by atoms with E-state index in [-0.39, 0.29) is 5.91 Å². The molecule has 0 unspecified atom stereocenters. The summed E-state index contributed by atoms with van der Waals surface area (Å²) in [6.45, 7) is 6.43. The lowest BCUT2D eigenvalue weighted by molar-refractivity contribution is -0.173. The molecule has 1 heterocycles. The van der Waals surface area contributed by atoms with Gasteiger partial charge in [0, 0.05) is 26.2 Å². The minimum atomic E-state index is -0.259. The average molecular weight is 187 g/mol. The Labute approximate surface area is 78.4 Å². The maximum absolute atomic E-state index is 10.6. The van der Waals surface area contributed by atoms with Crippen molar-refractivity contribution in [2.24, 2.45) is 5.73 Å². The third kappa shape index (κ3) is 3.71. The maximum Gasteiger partial charge on any atom is 0.231 e. The van der Waals surface area contributed by atoms with Gasteiger partial charge in [-0.05, 0) is 6.92 Å². The Morgan fingerprint density at radius 1 is 1.38 bits per heavy atom. The van der Waals surface area contributed by atoms with Crippen molar-refractivity contribution < 1.29 is 9.63 Å². The lowest BCUT2D eigenvalue weighted by Crippen LogP contribution is -2.48. The van der Waals surface area contributed by atoms with Gasteiger partial charge in [0.05, 0.1) is 13.2 Å². The number of carbonyl (C=O) groups excluding carboxylic acids is 1. The van der Waals surface area contributed by atoms with Gasteiger partial charge < -0.3 is 5.73 Å². The Morgan fingerprint density at radius 3 is 2.46 bits per heavy atom. The largest absolute Gasteiger partial charge is 0.369 e. The van der Waals surface area contributed by atoms with Gasteiger partial charge in [-0.15, -0.1) is 0 Å². The van der Waals surface area contributed by atoms with E-state index >= 15 is 0 Å². The van der Waals surface area contributed by atoms with E-state index in [9.17, 15) is 4.79 Å². The van der Waals surface area contributed by atoms with Crippen LogP contribution in [0.2, 0.25) is 0 Å². The second kappa shape index (κ2) is 5.16. The standard InChI is InChI=1S/C8H17N3O2/c1-2-13-11-5-3-10(4-6-11)7-8(9)12/h2-7H2,1H3,(H2,9,12). The van der Waals surface area contributed by atoms with E-state index in [0.29, 0.717) is 13.2 Å². The molecule has 13 heavy (non-hydrogen) atoms. The molecule has 76 valence electrons. The summed E-state index contributed by atoms with van der Waals surface area (Å²) in [6.07, 6.45) is 0. The van der Waals surface area contributed by atoms with Crippen LogP contribution in [-0.4, -0.2) is 55.2 Å². The molecule has 0 bridgehead atoms. The lowest BCUT2D eigenvalue weighted by Gasteiger charge is -2.32. The van der Waals surface area contributed by atoms with Crippen LogP contribution in [0.3, 0.4) is 0 Å². The average Bonchev–Trinajstić information content (AvgIpc) is 2.08. The highest BCUT2D eigenvalue weighted by atomic mass is 16.7. The molecule has 1 saturated heterocycles. The van der Waals surface area contributed by atoms with Crippen molar-refractivity contribution in [1.29, 1.82) is 0 Å². The first-order valence-electron chi connectivity index (χ1n) is 4.61. The maximum atomic E-state index is 10.6. The summed E-state index contributed by atoms with van der Waals surface area (Å²) in [5.41, 5.74) is 5.09. The number of nitrogens with two attached hydrogens (primary N) is 1. The van der Waals surface area contributed by atoms with Gasteiger partial charge in [0.1, 0.15) is 0 Å². The number of hydrogen-bond donors (Lipinski definition) is 1. The molecule has 5 heteroatoms. The second-order valence-electron chi connectivity index (χ2n) is 3.09. The number of primary amides is 1. The third-order valence-corrected chi connectivity index (χ3v) is 2.02. The van der Waals surface area contributed by atoms with Crippen molar-refractivity contribution in [1.82, 2.24) is 9.96 Å². The number of nitrogens with zero attached hydrogens (tertiary/aromatic N) is 2. The summed E-state index contributed by atoms with van der Waals surface area (Å²) in [4.78, 5) is 18.0. The molecular formula is C8H17N3O2. The number of piperazine rings is 1. The Kier molecular flexibility index (Phi) is 4.14. The van der Waals surface area contributed by atoms with Gasteiger partial charge in [0.2, 0.25) is 5.91 Å². The summed E-state index contributed by atoms with van der Waals surface area (Å²) >= 11 is 0. The van der Waals surface area contributed by atoms with E-state index in [1.807, 2.05) is 16.9 Å². The zero-order valence-corrected chi connectivity index (χ0v) is 8.03. The van der Waals surface area contributed by atoms with Crippen molar-refractivity contribution in [2.45, 2.75) is 6.92 Å². The molecular weight excluding hydrogens is 170 g/mol. The van der Waals surface area contributed by atoms with E-state index < -0.39 is 0 Å². The number of hydroxylamine groups is 2. The Morgan fingerprint density at radius 2 is 2.00 bits per heavy atom. The first-order valence-corrected chi connectivity index (χ1v) is 4.61. The predicted molar refractivity (Wildman–Crippen MR) is 48.8 cm³/mol. The Hall–Kier alpha value is -0.650. The summed E-state index contributed by atoms with van der Waals surface area (Å²) in [6, 6.07) is 0. The van der Waals surface area contributed by atoms with Crippen molar-refractivity contribution in [3.8, 4) is 0 Å². The van der Waals surface area contributed by atoms with Gasteiger partial charge in [-0.25, -0.2) is 0 Å². The molecule has 1 amide bonds. The van der Waals surface area contributed by atoms with Crippen molar-refractivity contribution >= 4 is 5.91 Å². The molecule has 0 atom stereocenters. The molecule has 0 radical (unpaired) electrons. The molecule has 2 N–H and O–H groups in total. The van der Waals surface area contributed by atoms with Crippen molar-refractivity contribution in [3.05, 3.63) is 0 Å². The normalized spacial score (nSPS) is 20.4. The fourth-order valence-corrected chi connectivity index (χ4v) is 1.42. The van der Waals surface area contributed by atoms with E-state index in [2.05, 4.69) is 0 Å². The monoisotopic (exact) mass is 187 g/mol. The van der Waals surface area contributed by atoms with Gasteiger partial charge in [0.15, 0.2) is 0 Å². The summed E-state index contributed by atoms with van der Waals surface area (Å²) < 4.78 is 0. The molecule has 1 aliphatic rings. The molecule has 5 nitrogen and oxygen atoms in total. The number of hydrogen-bond acceptors (Lipinski definition) is 4. The number of amides is 1. The highest BCUT2D eigenvalue weighted by Gasteiger charge is 2.17. The van der Waals surface area contributed by atoms with E-state index in [0.717, 1.165) is 26.2 Å². The van der Waals surface area contributed by atoms with Crippen LogP contribution < -0.4 is 5.73 Å². The zero-order valence-electron chi connectivity index (χ0n) is 8.03. The molecule has 1 rings (SSSR count). The summed E-state index contributed by atoms with van der Waals surface area (Å²) in [7, 11) is 0. The van der Waals surface area contributed by atoms with Crippen LogP contribution in [0, 0.1) is 0 Å². The SMILES string of the molecule is CCON1CCN(CC(N)=O)CC1. The fraction of sp³-hybridized carbons (Fsp3) is 0.875. The van der Waals surface area contributed by atoms with Crippen LogP contribution in [0.5, 0.6) is 0 Å². The first-order chi connectivity index (χ1) is 6.22. The smallest absolute Gasteiger partial charge is 0.231 e. The molecule has 0 aromatic rings. The summed E-state index contributed by atoms with van der Waals surface area (Å²) in [5, 5.41) is 1.93. The molecule has 0 aromatic heterocycles. The van der Waals surface area contributed by atoms with Crippen molar-refractivity contribution in [2.75, 3.05) is 39.3 Å². The molecule has 1 fully saturated rings. The van der Waals surface area contributed by atoms with Gasteiger partial charge in [-0.3, -0.25) is 14.5 Å². The number of rotatable bonds is 4. The van der Waals surface area contributed by atoms with Crippen LogP contribution in [-0.2, 0) is 9.63 Å². The van der Waals surface area contributed by atoms with E-state index in [1.165, 1.54) is 0 Å². The van der Waals surface area contributed by atoms with Crippen LogP contribution in [0.1, 0.15) is 6.92 Å². The molecule has 0 aliphatic carbocycles. The van der Waals surface area contributed by atoms with Crippen molar-refractivity contribution in [3.63, 3.8) is 0 Å². The highest BCUT2D eigenvalue weighted by molar-refractivity contribution is 5.75. The van der Waals surface area contributed by atoms with Crippen LogP contribution in [0.4, 0.5) is 0 Å². The quantitative estimate of drug-likeness (QED) is 0.616. The van der Waals surface area contributed by atoms with Gasteiger partial charge >= 0.3 is 0 Å². The molecule has 1 aliphatic heterocycles. The minimum absolute atomic E-state index is 0.259. The second-order valence-corrected chi connectivity index (χ2v) is 3.09. The van der Waals surface area contributed by atoms with E-state index in [4.69, 9.17) is 10.6 Å². The Bertz CT molecular complexity index is 167. The van der Waals surface area contributed by atoms with Crippen LogP contribution in [0.25, 0.3) is 0 Å². The third-order valence-electron chi connectivity index (χ3n) is 2.02. The molecule has 0 spiro atoms. The number of carbonyl (C=O) groups is 1. The van der Waals surface area contributed by atoms with Gasteiger partial charge in [-0.1, -0.05) is 0 Å².